The molecule has 8 heterocycles. The minimum atomic E-state index is -1.76. The molecule has 0 amide bonds. The Hall–Kier alpha value is -11.9. The second-order valence-corrected chi connectivity index (χ2v) is 29.9. The number of methoxy groups -OCH3 is 2. The molecule has 0 aliphatic rings. The number of ether oxygens (including phenoxy) is 2. The highest BCUT2D eigenvalue weighted by molar-refractivity contribution is 9.11. The van der Waals surface area contributed by atoms with Crippen LogP contribution in [0.4, 0.5) is 29.2 Å². The molecule has 0 aliphatic heterocycles. The molecule has 22 nitrogen and oxygen atoms in total. The topological polar surface area (TPSA) is 269 Å². The van der Waals surface area contributed by atoms with E-state index < -0.39 is 37.8 Å². The maximum atomic E-state index is 16.0. The standard InChI is InChI=1S/C33H28FN5O2.C23H22BN3O4.2C10H8BrFN2.C6H5BBrFO2.C4H5BrN2/c1-38-20-29(36-21-38)25-15-9-14-24(30(25)34)28-16-26-27(33(40)41-2)17-35-32(31(26)37-28)39(18-22-10-5-3-6-11-22)19-23-12-7-4-8-13-23;1-31-23(28)19-13-25-22(21-18(19)12-20(26-21)24(29)30)27(14-16-8-4-2-5-9-16)15-17-10-6-3-7-11-17;2*1-14-5-9(13-6-14)7-3-2-4-8(11)10(7)12;8-5-3-1-2-4(6(5)9)7(10)11;1-7-2-4(5)6-3-7/h3-17,20-21,37H,18-19H2,1-2H3;2-13,26,29-30H,14-15H2,1H3;2*2-6H,1H3;1-3,10-11H;2-3H,1H3. The van der Waals surface area contributed by atoms with Crippen LogP contribution in [-0.2, 0) is 63.8 Å². The van der Waals surface area contributed by atoms with Gasteiger partial charge in [-0.25, -0.2) is 57.1 Å². The van der Waals surface area contributed by atoms with Gasteiger partial charge in [0.25, 0.3) is 0 Å². The summed E-state index contributed by atoms with van der Waals surface area (Å²) in [4.78, 5) is 61.4. The first-order chi connectivity index (χ1) is 56.9. The molecule has 16 rings (SSSR count). The van der Waals surface area contributed by atoms with Crippen LogP contribution in [0.15, 0.2) is 287 Å². The van der Waals surface area contributed by atoms with Gasteiger partial charge in [-0.3, -0.25) is 0 Å². The van der Waals surface area contributed by atoms with Crippen molar-refractivity contribution in [1.82, 2.24) is 58.1 Å². The molecule has 6 N–H and O–H groups in total. The van der Waals surface area contributed by atoms with Crippen molar-refractivity contribution >= 4 is 134 Å². The van der Waals surface area contributed by atoms with Crippen LogP contribution in [0.1, 0.15) is 43.0 Å². The molecule has 16 aromatic rings. The van der Waals surface area contributed by atoms with Gasteiger partial charge in [0, 0.05) is 141 Å². The number of imidazole rings is 4. The fraction of sp³-hybridized carbons (Fsp3) is 0.116. The number of nitrogens with one attached hydrogen (secondary N) is 2. The molecular formula is C86H76B2Br4F4N14O8. The van der Waals surface area contributed by atoms with Gasteiger partial charge in [0.1, 0.15) is 27.9 Å². The van der Waals surface area contributed by atoms with Gasteiger partial charge in [-0.15, -0.1) is 0 Å². The van der Waals surface area contributed by atoms with Crippen molar-refractivity contribution in [3.63, 3.8) is 0 Å². The molecule has 8 aromatic carbocycles. The highest BCUT2D eigenvalue weighted by Crippen LogP contribution is 2.38. The van der Waals surface area contributed by atoms with E-state index in [0.29, 0.717) is 119 Å². The normalized spacial score (nSPS) is 10.7. The molecule has 0 saturated carbocycles. The van der Waals surface area contributed by atoms with E-state index in [1.807, 2.05) is 136 Å². The summed E-state index contributed by atoms with van der Waals surface area (Å²) in [6.45, 7) is 2.30. The molecule has 600 valence electrons. The molecule has 32 heteroatoms. The van der Waals surface area contributed by atoms with Gasteiger partial charge in [-0.05, 0) is 141 Å². The summed E-state index contributed by atoms with van der Waals surface area (Å²) in [6, 6.07) is 63.5. The first-order valence-corrected chi connectivity index (χ1v) is 39.3. The number of carbonyl (C=O) groups is 2. The van der Waals surface area contributed by atoms with Gasteiger partial charge < -0.3 is 67.6 Å². The summed E-state index contributed by atoms with van der Waals surface area (Å²) in [7, 11) is 6.65. The summed E-state index contributed by atoms with van der Waals surface area (Å²) >= 11 is 12.4. The monoisotopic (exact) mass is 1850 g/mol. The van der Waals surface area contributed by atoms with E-state index in [9.17, 15) is 32.8 Å². The number of halogens is 8. The number of pyridine rings is 2. The van der Waals surface area contributed by atoms with E-state index in [0.717, 1.165) is 26.9 Å². The molecule has 0 atom stereocenters. The summed E-state index contributed by atoms with van der Waals surface area (Å²) < 4.78 is 75.2. The Bertz CT molecular complexity index is 5860. The fourth-order valence-electron chi connectivity index (χ4n) is 12.3. The van der Waals surface area contributed by atoms with E-state index in [-0.39, 0.29) is 32.7 Å². The third-order valence-electron chi connectivity index (χ3n) is 17.9. The average molecular weight is 1850 g/mol. The largest absolute Gasteiger partial charge is 0.505 e. The van der Waals surface area contributed by atoms with Gasteiger partial charge in [0.05, 0.1) is 92.2 Å². The lowest BCUT2D eigenvalue weighted by Gasteiger charge is -2.25. The number of hydrogen-bond donors (Lipinski definition) is 6. The summed E-state index contributed by atoms with van der Waals surface area (Å²) in [5.41, 5.74) is 10.3. The SMILES string of the molecule is COC(=O)c1cnc(N(Cc2ccccc2)Cc2ccccc2)c2[nH]c(-c3cccc(-c4cn(C)cn4)c3F)cc12.COC(=O)c1cnc(N(Cc2ccccc2)Cc2ccccc2)c2[nH]c(B(O)O)cc12.Cn1cnc(-c2cccc(Br)c2F)c1.Cn1cnc(-c2cccc(Br)c2F)c1.Cn1cnc(Br)c1.OB(O)c1cccc(Br)c1F. The molecule has 118 heavy (non-hydrogen) atoms. The van der Waals surface area contributed by atoms with Gasteiger partial charge in [0.15, 0.2) is 11.6 Å². The second kappa shape index (κ2) is 41.3. The van der Waals surface area contributed by atoms with Crippen LogP contribution < -0.4 is 20.9 Å². The van der Waals surface area contributed by atoms with Crippen molar-refractivity contribution in [3.8, 4) is 45.0 Å². The van der Waals surface area contributed by atoms with E-state index >= 15 is 4.39 Å². The predicted octanol–water partition coefficient (Wildman–Crippen LogP) is 16.4. The van der Waals surface area contributed by atoms with Gasteiger partial charge in [0.2, 0.25) is 0 Å². The third-order valence-corrected chi connectivity index (χ3v) is 20.2. The second-order valence-electron chi connectivity index (χ2n) is 26.5. The van der Waals surface area contributed by atoms with Crippen molar-refractivity contribution in [2.45, 2.75) is 26.2 Å². The molecule has 0 aliphatic carbocycles. The van der Waals surface area contributed by atoms with Gasteiger partial charge in [-0.2, -0.15) is 0 Å². The Labute approximate surface area is 711 Å². The number of benzene rings is 8. The maximum absolute atomic E-state index is 16.0. The lowest BCUT2D eigenvalue weighted by molar-refractivity contribution is 0.0593. The van der Waals surface area contributed by atoms with Gasteiger partial charge >= 0.3 is 26.2 Å². The lowest BCUT2D eigenvalue weighted by Crippen LogP contribution is -2.32. The van der Waals surface area contributed by atoms with Gasteiger partial charge in [-0.1, -0.05) is 152 Å². The number of hydrogen-bond acceptors (Lipinski definition) is 16. The Morgan fingerprint density at radius 2 is 0.754 bits per heavy atom. The Kier molecular flexibility index (Phi) is 30.4. The number of nitrogens with zero attached hydrogens (tertiary/aromatic N) is 12. The number of anilines is 2. The molecule has 8 aromatic heterocycles. The Balaban J connectivity index is 0.000000154. The highest BCUT2D eigenvalue weighted by atomic mass is 79.9. The zero-order valence-electron chi connectivity index (χ0n) is 64.2. The third kappa shape index (κ3) is 22.4. The Morgan fingerprint density at radius 3 is 1.09 bits per heavy atom. The quantitative estimate of drug-likeness (QED) is 0.0265. The first kappa shape index (κ1) is 87.0. The number of aromatic nitrogens is 12. The number of carbonyl (C=O) groups excluding carboxylic acids is 2. The zero-order valence-corrected chi connectivity index (χ0v) is 70.5. The van der Waals surface area contributed by atoms with Crippen molar-refractivity contribution in [3.05, 3.63) is 343 Å². The van der Waals surface area contributed by atoms with E-state index in [4.69, 9.17) is 24.5 Å². The van der Waals surface area contributed by atoms with E-state index in [1.165, 1.54) is 44.8 Å². The van der Waals surface area contributed by atoms with E-state index in [2.05, 4.69) is 133 Å². The number of fused-ring (bicyclic) bond motifs is 2. The highest BCUT2D eigenvalue weighted by Gasteiger charge is 2.27. The summed E-state index contributed by atoms with van der Waals surface area (Å²) in [5, 5.41) is 37.7. The maximum Gasteiger partial charge on any atom is 0.505 e. The van der Waals surface area contributed by atoms with E-state index in [1.54, 1.807) is 124 Å². The smallest absolute Gasteiger partial charge is 0.465 e. The number of aryl methyl sites for hydroxylation is 4. The van der Waals surface area contributed by atoms with Crippen LogP contribution in [0.3, 0.4) is 0 Å². The molecule has 0 radical (unpaired) electrons. The molecular weight excluding hydrogens is 1770 g/mol. The molecule has 0 spiro atoms. The summed E-state index contributed by atoms with van der Waals surface area (Å²) in [6.07, 6.45) is 16.9. The minimum absolute atomic E-state index is 0.126. The fourth-order valence-corrected chi connectivity index (χ4v) is 13.8. The molecule has 0 bridgehead atoms. The molecule has 0 unspecified atom stereocenters. The molecule has 0 fully saturated rings. The van der Waals surface area contributed by atoms with Crippen molar-refractivity contribution in [2.24, 2.45) is 28.2 Å². The predicted molar refractivity (Wildman–Crippen MR) is 465 cm³/mol. The number of aromatic amines is 2. The Morgan fingerprint density at radius 1 is 0.407 bits per heavy atom. The molecule has 0 saturated heterocycles. The van der Waals surface area contributed by atoms with Crippen molar-refractivity contribution in [2.75, 3.05) is 24.0 Å². The first-order valence-electron chi connectivity index (χ1n) is 36.1. The van der Waals surface area contributed by atoms with Crippen LogP contribution in [-0.4, -0.2) is 119 Å². The number of esters is 2. The van der Waals surface area contributed by atoms with Crippen LogP contribution in [0.5, 0.6) is 0 Å². The number of rotatable bonds is 18. The van der Waals surface area contributed by atoms with Crippen LogP contribution in [0.25, 0.3) is 66.8 Å². The van der Waals surface area contributed by atoms with Crippen LogP contribution in [0.2, 0.25) is 0 Å². The zero-order chi connectivity index (χ0) is 84.1. The lowest BCUT2D eigenvalue weighted by atomic mass is 9.80. The minimum Gasteiger partial charge on any atom is -0.465 e. The van der Waals surface area contributed by atoms with Crippen molar-refractivity contribution < 1.29 is 56.7 Å². The van der Waals surface area contributed by atoms with Crippen molar-refractivity contribution in [1.29, 1.82) is 0 Å². The number of H-pyrrole nitrogens is 2. The van der Waals surface area contributed by atoms with Crippen LogP contribution in [0, 0.1) is 23.3 Å². The van der Waals surface area contributed by atoms with Crippen LogP contribution >= 0.6 is 63.7 Å². The average Bonchev–Trinajstić information content (AvgIpc) is 1.61. The summed E-state index contributed by atoms with van der Waals surface area (Å²) in [5.74, 6) is -1.40.